The van der Waals surface area contributed by atoms with Gasteiger partial charge in [0.1, 0.15) is 6.04 Å². The summed E-state index contributed by atoms with van der Waals surface area (Å²) in [7, 11) is 3.44. The van der Waals surface area contributed by atoms with E-state index in [-0.39, 0.29) is 42.2 Å². The molecular weight excluding hydrogens is 254 g/mol. The number of halogens is 1. The smallest absolute Gasteiger partial charge is 0.244 e. The van der Waals surface area contributed by atoms with Crippen molar-refractivity contribution in [2.75, 3.05) is 20.6 Å². The van der Waals surface area contributed by atoms with Gasteiger partial charge in [-0.05, 0) is 19.8 Å². The molecule has 5 nitrogen and oxygen atoms in total. The van der Waals surface area contributed by atoms with Crippen molar-refractivity contribution in [1.29, 1.82) is 0 Å². The molecular formula is C12H24ClN3O2. The van der Waals surface area contributed by atoms with Crippen molar-refractivity contribution in [3.8, 4) is 0 Å². The number of likely N-dealkylation sites (tertiary alicyclic amines) is 1. The highest BCUT2D eigenvalue weighted by Crippen LogP contribution is 2.21. The van der Waals surface area contributed by atoms with E-state index in [9.17, 15) is 9.59 Å². The summed E-state index contributed by atoms with van der Waals surface area (Å²) in [6.07, 6.45) is 1.65. The van der Waals surface area contributed by atoms with Crippen molar-refractivity contribution < 1.29 is 9.59 Å². The van der Waals surface area contributed by atoms with E-state index in [0.717, 1.165) is 12.8 Å². The number of hydrogen-bond donors (Lipinski definition) is 1. The molecule has 0 aromatic heterocycles. The molecule has 0 aromatic carbocycles. The first kappa shape index (κ1) is 17.2. The lowest BCUT2D eigenvalue weighted by molar-refractivity contribution is -0.144. The van der Waals surface area contributed by atoms with Crippen LogP contribution in [0.5, 0.6) is 0 Å². The number of amides is 2. The van der Waals surface area contributed by atoms with Gasteiger partial charge in [0.2, 0.25) is 11.8 Å². The minimum atomic E-state index is -0.293. The molecule has 1 rings (SSSR count). The van der Waals surface area contributed by atoms with Crippen molar-refractivity contribution >= 4 is 24.2 Å². The molecule has 1 saturated heterocycles. The lowest BCUT2D eigenvalue weighted by Gasteiger charge is -2.29. The number of carbonyl (C=O) groups is 2. The van der Waals surface area contributed by atoms with Crippen molar-refractivity contribution in [2.45, 2.75) is 38.8 Å². The standard InChI is InChI=1S/C12H23N3O2.ClH/c1-8(9(2)13)11(16)15-7-5-6-10(15)12(17)14(3)4;/h8-10H,5-7,13H2,1-4H3;1H. The summed E-state index contributed by atoms with van der Waals surface area (Å²) >= 11 is 0. The van der Waals surface area contributed by atoms with Crippen LogP contribution in [0.2, 0.25) is 0 Å². The Morgan fingerprint density at radius 2 is 1.89 bits per heavy atom. The number of likely N-dealkylation sites (N-methyl/N-ethyl adjacent to an activating group) is 1. The van der Waals surface area contributed by atoms with Crippen molar-refractivity contribution in [3.05, 3.63) is 0 Å². The summed E-state index contributed by atoms with van der Waals surface area (Å²) in [5, 5.41) is 0. The van der Waals surface area contributed by atoms with Gasteiger partial charge >= 0.3 is 0 Å². The van der Waals surface area contributed by atoms with Crippen LogP contribution >= 0.6 is 12.4 Å². The Morgan fingerprint density at radius 3 is 2.33 bits per heavy atom. The zero-order chi connectivity index (χ0) is 13.2. The SMILES string of the molecule is CC(N)C(C)C(=O)N1CCCC1C(=O)N(C)C.Cl. The highest BCUT2D eigenvalue weighted by atomic mass is 35.5. The zero-order valence-electron chi connectivity index (χ0n) is 11.5. The van der Waals surface area contributed by atoms with Gasteiger partial charge in [-0.15, -0.1) is 12.4 Å². The monoisotopic (exact) mass is 277 g/mol. The van der Waals surface area contributed by atoms with Crippen LogP contribution in [-0.2, 0) is 9.59 Å². The average molecular weight is 278 g/mol. The van der Waals surface area contributed by atoms with Crippen LogP contribution in [0.1, 0.15) is 26.7 Å². The van der Waals surface area contributed by atoms with Crippen LogP contribution in [0.15, 0.2) is 0 Å². The summed E-state index contributed by atoms with van der Waals surface area (Å²) in [6, 6.07) is -0.475. The second-order valence-electron chi connectivity index (χ2n) is 5.07. The second-order valence-corrected chi connectivity index (χ2v) is 5.07. The van der Waals surface area contributed by atoms with Crippen LogP contribution in [0, 0.1) is 5.92 Å². The van der Waals surface area contributed by atoms with Gasteiger partial charge in [-0.2, -0.15) is 0 Å². The Morgan fingerprint density at radius 1 is 1.33 bits per heavy atom. The van der Waals surface area contributed by atoms with Crippen molar-refractivity contribution in [3.63, 3.8) is 0 Å². The molecule has 2 N–H and O–H groups in total. The summed E-state index contributed by atoms with van der Waals surface area (Å²) in [5.41, 5.74) is 5.74. The molecule has 0 saturated carbocycles. The molecule has 106 valence electrons. The molecule has 0 aliphatic carbocycles. The van der Waals surface area contributed by atoms with Gasteiger partial charge in [-0.3, -0.25) is 9.59 Å². The van der Waals surface area contributed by atoms with E-state index >= 15 is 0 Å². The quantitative estimate of drug-likeness (QED) is 0.816. The fraction of sp³-hybridized carbons (Fsp3) is 0.833. The number of carbonyl (C=O) groups excluding carboxylic acids is 2. The molecule has 18 heavy (non-hydrogen) atoms. The third-order valence-electron chi connectivity index (χ3n) is 3.44. The second kappa shape index (κ2) is 6.95. The first-order valence-corrected chi connectivity index (χ1v) is 6.13. The van der Waals surface area contributed by atoms with Crippen LogP contribution < -0.4 is 5.73 Å². The van der Waals surface area contributed by atoms with E-state index in [2.05, 4.69) is 0 Å². The topological polar surface area (TPSA) is 66.6 Å². The highest BCUT2D eigenvalue weighted by Gasteiger charge is 2.37. The molecule has 1 aliphatic heterocycles. The van der Waals surface area contributed by atoms with E-state index in [1.54, 1.807) is 23.9 Å². The maximum absolute atomic E-state index is 12.2. The Hall–Kier alpha value is -0.810. The Labute approximate surface area is 115 Å². The number of rotatable bonds is 3. The van der Waals surface area contributed by atoms with E-state index in [1.165, 1.54) is 0 Å². The summed E-state index contributed by atoms with van der Waals surface area (Å²) in [6.45, 7) is 4.31. The molecule has 1 heterocycles. The molecule has 2 amide bonds. The fourth-order valence-corrected chi connectivity index (χ4v) is 2.07. The van der Waals surface area contributed by atoms with Gasteiger partial charge in [0.25, 0.3) is 0 Å². The highest BCUT2D eigenvalue weighted by molar-refractivity contribution is 5.89. The number of nitrogens with zero attached hydrogens (tertiary/aromatic N) is 2. The summed E-state index contributed by atoms with van der Waals surface area (Å²) in [4.78, 5) is 27.4. The van der Waals surface area contributed by atoms with Gasteiger partial charge in [0.15, 0.2) is 0 Å². The summed E-state index contributed by atoms with van der Waals surface area (Å²) in [5.74, 6) is -0.226. The maximum Gasteiger partial charge on any atom is 0.244 e. The third kappa shape index (κ3) is 3.59. The van der Waals surface area contributed by atoms with Crippen LogP contribution in [0.4, 0.5) is 0 Å². The molecule has 1 aliphatic rings. The largest absolute Gasteiger partial charge is 0.347 e. The van der Waals surface area contributed by atoms with Crippen LogP contribution in [-0.4, -0.2) is 54.3 Å². The molecule has 0 spiro atoms. The third-order valence-corrected chi connectivity index (χ3v) is 3.44. The van der Waals surface area contributed by atoms with Crippen molar-refractivity contribution in [1.82, 2.24) is 9.80 Å². The van der Waals surface area contributed by atoms with E-state index in [1.807, 2.05) is 13.8 Å². The minimum Gasteiger partial charge on any atom is -0.347 e. The maximum atomic E-state index is 12.2. The summed E-state index contributed by atoms with van der Waals surface area (Å²) < 4.78 is 0. The van der Waals surface area contributed by atoms with Gasteiger partial charge in [-0.1, -0.05) is 6.92 Å². The van der Waals surface area contributed by atoms with E-state index < -0.39 is 0 Å². The Bertz CT molecular complexity index is 308. The normalized spacial score (nSPS) is 22.1. The lowest BCUT2D eigenvalue weighted by Crippen LogP contribution is -2.49. The van der Waals surface area contributed by atoms with Gasteiger partial charge < -0.3 is 15.5 Å². The van der Waals surface area contributed by atoms with E-state index in [0.29, 0.717) is 6.54 Å². The van der Waals surface area contributed by atoms with Crippen molar-refractivity contribution in [2.24, 2.45) is 11.7 Å². The van der Waals surface area contributed by atoms with E-state index in [4.69, 9.17) is 5.73 Å². The van der Waals surface area contributed by atoms with Gasteiger partial charge in [0.05, 0.1) is 5.92 Å². The first-order valence-electron chi connectivity index (χ1n) is 6.13. The fourth-order valence-electron chi connectivity index (χ4n) is 2.07. The molecule has 0 radical (unpaired) electrons. The average Bonchev–Trinajstić information content (AvgIpc) is 2.74. The molecule has 0 bridgehead atoms. The number of hydrogen-bond acceptors (Lipinski definition) is 3. The molecule has 3 unspecified atom stereocenters. The van der Waals surface area contributed by atoms with Gasteiger partial charge in [0, 0.05) is 26.7 Å². The van der Waals surface area contributed by atoms with Gasteiger partial charge in [-0.25, -0.2) is 0 Å². The lowest BCUT2D eigenvalue weighted by atomic mass is 10.0. The number of nitrogens with two attached hydrogens (primary N) is 1. The molecule has 6 heteroatoms. The Balaban J connectivity index is 0.00000289. The van der Waals surface area contributed by atoms with Crippen LogP contribution in [0.25, 0.3) is 0 Å². The predicted molar refractivity (Wildman–Crippen MR) is 73.5 cm³/mol. The zero-order valence-corrected chi connectivity index (χ0v) is 12.4. The Kier molecular flexibility index (Phi) is 6.63. The minimum absolute atomic E-state index is 0. The first-order chi connectivity index (χ1) is 7.86. The molecule has 0 aromatic rings. The predicted octanol–water partition coefficient (Wildman–Crippen LogP) is 0.471. The molecule has 1 fully saturated rings. The van der Waals surface area contributed by atoms with Crippen LogP contribution in [0.3, 0.4) is 0 Å². The molecule has 3 atom stereocenters.